The Morgan fingerprint density at radius 3 is 2.52 bits per heavy atom. The third kappa shape index (κ3) is 2.97. The Morgan fingerprint density at radius 2 is 1.71 bits per heavy atom. The molecule has 106 valence electrons. The van der Waals surface area contributed by atoms with Crippen LogP contribution in [0.1, 0.15) is 5.56 Å². The maximum atomic E-state index is 13.4. The average Bonchev–Trinajstić information content (AvgIpc) is 2.50. The number of anilines is 1. The molecule has 0 fully saturated rings. The van der Waals surface area contributed by atoms with Crippen LogP contribution in [-0.4, -0.2) is 16.5 Å². The van der Waals surface area contributed by atoms with Gasteiger partial charge in [0.05, 0.1) is 5.52 Å². The fraction of sp³-hybridized carbons (Fsp3) is 0.125. The zero-order valence-corrected chi connectivity index (χ0v) is 11.2. The summed E-state index contributed by atoms with van der Waals surface area (Å²) in [6.07, 6.45) is 2.15. The van der Waals surface area contributed by atoms with Gasteiger partial charge in [-0.05, 0) is 18.1 Å². The Balaban J connectivity index is 1.79. The lowest BCUT2D eigenvalue weighted by atomic mass is 10.1. The van der Waals surface area contributed by atoms with Crippen molar-refractivity contribution in [1.82, 2.24) is 9.97 Å². The summed E-state index contributed by atoms with van der Waals surface area (Å²) >= 11 is 0. The van der Waals surface area contributed by atoms with Crippen molar-refractivity contribution in [3.63, 3.8) is 0 Å². The molecule has 2 aromatic carbocycles. The van der Waals surface area contributed by atoms with E-state index in [9.17, 15) is 8.78 Å². The third-order valence-corrected chi connectivity index (χ3v) is 3.23. The summed E-state index contributed by atoms with van der Waals surface area (Å²) < 4.78 is 26.6. The van der Waals surface area contributed by atoms with E-state index in [0.717, 1.165) is 18.6 Å². The molecule has 0 spiro atoms. The molecule has 21 heavy (non-hydrogen) atoms. The molecule has 0 amide bonds. The number of rotatable bonds is 4. The number of aromatic nitrogens is 2. The van der Waals surface area contributed by atoms with Crippen LogP contribution < -0.4 is 5.32 Å². The van der Waals surface area contributed by atoms with Gasteiger partial charge in [0.2, 0.25) is 0 Å². The topological polar surface area (TPSA) is 37.8 Å². The van der Waals surface area contributed by atoms with Gasteiger partial charge in [-0.1, -0.05) is 30.3 Å². The van der Waals surface area contributed by atoms with Crippen LogP contribution in [0.2, 0.25) is 0 Å². The highest BCUT2D eigenvalue weighted by Crippen LogP contribution is 2.22. The van der Waals surface area contributed by atoms with E-state index in [2.05, 4.69) is 15.3 Å². The first-order valence-corrected chi connectivity index (χ1v) is 6.61. The van der Waals surface area contributed by atoms with Crippen LogP contribution >= 0.6 is 0 Å². The average molecular weight is 285 g/mol. The second kappa shape index (κ2) is 5.83. The number of nitrogens with zero attached hydrogens (tertiary/aromatic N) is 2. The monoisotopic (exact) mass is 285 g/mol. The van der Waals surface area contributed by atoms with Gasteiger partial charge in [0, 0.05) is 18.0 Å². The van der Waals surface area contributed by atoms with Crippen LogP contribution in [0, 0.1) is 11.6 Å². The first kappa shape index (κ1) is 13.4. The largest absolute Gasteiger partial charge is 0.369 e. The van der Waals surface area contributed by atoms with Gasteiger partial charge < -0.3 is 5.32 Å². The first-order valence-electron chi connectivity index (χ1n) is 6.61. The van der Waals surface area contributed by atoms with E-state index in [-0.39, 0.29) is 0 Å². The first-order chi connectivity index (χ1) is 10.2. The van der Waals surface area contributed by atoms with Crippen molar-refractivity contribution < 1.29 is 8.78 Å². The number of fused-ring (bicyclic) bond motifs is 1. The molecule has 0 saturated heterocycles. The van der Waals surface area contributed by atoms with E-state index in [1.807, 2.05) is 30.3 Å². The van der Waals surface area contributed by atoms with Crippen LogP contribution in [0.3, 0.4) is 0 Å². The molecular weight excluding hydrogens is 272 g/mol. The van der Waals surface area contributed by atoms with Gasteiger partial charge in [0.15, 0.2) is 11.6 Å². The molecule has 3 aromatic rings. The lowest BCUT2D eigenvalue weighted by molar-refractivity contribution is 0.510. The van der Waals surface area contributed by atoms with Crippen LogP contribution in [0.25, 0.3) is 10.9 Å². The highest BCUT2D eigenvalue weighted by Gasteiger charge is 2.09. The van der Waals surface area contributed by atoms with Crippen molar-refractivity contribution in [2.45, 2.75) is 6.42 Å². The van der Waals surface area contributed by atoms with E-state index in [1.54, 1.807) is 0 Å². The zero-order valence-electron chi connectivity index (χ0n) is 11.2. The summed E-state index contributed by atoms with van der Waals surface area (Å²) in [7, 11) is 0. The Morgan fingerprint density at radius 1 is 0.952 bits per heavy atom. The third-order valence-electron chi connectivity index (χ3n) is 3.23. The summed E-state index contributed by atoms with van der Waals surface area (Å²) in [5, 5.41) is 3.62. The molecule has 5 heteroatoms. The van der Waals surface area contributed by atoms with Gasteiger partial charge >= 0.3 is 0 Å². The Bertz CT molecular complexity index is 760. The predicted octanol–water partition coefficient (Wildman–Crippen LogP) is 3.56. The second-order valence-electron chi connectivity index (χ2n) is 4.67. The summed E-state index contributed by atoms with van der Waals surface area (Å²) in [4.78, 5) is 8.05. The van der Waals surface area contributed by atoms with Crippen molar-refractivity contribution in [1.29, 1.82) is 0 Å². The predicted molar refractivity (Wildman–Crippen MR) is 78.1 cm³/mol. The molecule has 0 unspecified atom stereocenters. The van der Waals surface area contributed by atoms with Crippen molar-refractivity contribution in [2.75, 3.05) is 11.9 Å². The van der Waals surface area contributed by atoms with Gasteiger partial charge in [-0.3, -0.25) is 0 Å². The van der Waals surface area contributed by atoms with Crippen molar-refractivity contribution in [3.05, 3.63) is 66.0 Å². The van der Waals surface area contributed by atoms with E-state index in [1.165, 1.54) is 11.9 Å². The maximum Gasteiger partial charge on any atom is 0.161 e. The normalized spacial score (nSPS) is 10.8. The molecule has 0 bridgehead atoms. The molecule has 0 aliphatic carbocycles. The quantitative estimate of drug-likeness (QED) is 0.796. The summed E-state index contributed by atoms with van der Waals surface area (Å²) in [5.41, 5.74) is 1.58. The SMILES string of the molecule is Fc1cc2ncnc(NCCc3ccccc3)c2cc1F. The molecule has 1 aromatic heterocycles. The number of nitrogens with one attached hydrogen (secondary N) is 1. The fourth-order valence-corrected chi connectivity index (χ4v) is 2.16. The summed E-state index contributed by atoms with van der Waals surface area (Å²) in [6, 6.07) is 12.2. The van der Waals surface area contributed by atoms with Gasteiger partial charge in [-0.2, -0.15) is 0 Å². The van der Waals surface area contributed by atoms with Gasteiger partial charge in [-0.25, -0.2) is 18.7 Å². The highest BCUT2D eigenvalue weighted by atomic mass is 19.2. The maximum absolute atomic E-state index is 13.4. The Kier molecular flexibility index (Phi) is 3.73. The van der Waals surface area contributed by atoms with Crippen LogP contribution in [0.15, 0.2) is 48.8 Å². The zero-order chi connectivity index (χ0) is 14.7. The molecule has 1 N–H and O–H groups in total. The van der Waals surface area contributed by atoms with Gasteiger partial charge in [-0.15, -0.1) is 0 Å². The lowest BCUT2D eigenvalue weighted by Gasteiger charge is -2.08. The van der Waals surface area contributed by atoms with Crippen molar-refractivity contribution in [3.8, 4) is 0 Å². The molecule has 0 saturated carbocycles. The Labute approximate surface area is 120 Å². The van der Waals surface area contributed by atoms with E-state index < -0.39 is 11.6 Å². The second-order valence-corrected chi connectivity index (χ2v) is 4.67. The van der Waals surface area contributed by atoms with Gasteiger partial charge in [0.25, 0.3) is 0 Å². The number of hydrogen-bond acceptors (Lipinski definition) is 3. The number of halogens is 2. The smallest absolute Gasteiger partial charge is 0.161 e. The van der Waals surface area contributed by atoms with E-state index >= 15 is 0 Å². The standard InChI is InChI=1S/C16H13F2N3/c17-13-8-12-15(9-14(13)18)20-10-21-16(12)19-7-6-11-4-2-1-3-5-11/h1-5,8-10H,6-7H2,(H,19,20,21). The number of hydrogen-bond donors (Lipinski definition) is 1. The molecule has 3 nitrogen and oxygen atoms in total. The molecule has 0 atom stereocenters. The van der Waals surface area contributed by atoms with Gasteiger partial charge in [0.1, 0.15) is 12.1 Å². The van der Waals surface area contributed by atoms with Crippen LogP contribution in [0.4, 0.5) is 14.6 Å². The molecule has 0 aliphatic heterocycles. The minimum absolute atomic E-state index is 0.381. The fourth-order valence-electron chi connectivity index (χ4n) is 2.16. The van der Waals surface area contributed by atoms with E-state index in [0.29, 0.717) is 23.3 Å². The minimum atomic E-state index is -0.906. The molecule has 0 radical (unpaired) electrons. The minimum Gasteiger partial charge on any atom is -0.369 e. The highest BCUT2D eigenvalue weighted by molar-refractivity contribution is 5.88. The van der Waals surface area contributed by atoms with Crippen molar-refractivity contribution >= 4 is 16.7 Å². The van der Waals surface area contributed by atoms with Crippen LogP contribution in [-0.2, 0) is 6.42 Å². The summed E-state index contributed by atoms with van der Waals surface area (Å²) in [6.45, 7) is 0.648. The lowest BCUT2D eigenvalue weighted by Crippen LogP contribution is -2.07. The molecule has 3 rings (SSSR count). The van der Waals surface area contributed by atoms with E-state index in [4.69, 9.17) is 0 Å². The Hall–Kier alpha value is -2.56. The molecule has 1 heterocycles. The molecule has 0 aliphatic rings. The number of benzene rings is 2. The van der Waals surface area contributed by atoms with Crippen molar-refractivity contribution in [2.24, 2.45) is 0 Å². The van der Waals surface area contributed by atoms with Crippen LogP contribution in [0.5, 0.6) is 0 Å². The summed E-state index contributed by atoms with van der Waals surface area (Å²) in [5.74, 6) is -1.30. The molecular formula is C16H13F2N3.